The summed E-state index contributed by atoms with van der Waals surface area (Å²) in [6.07, 6.45) is 1.24. The van der Waals surface area contributed by atoms with Crippen LogP contribution in [0.5, 0.6) is 0 Å². The van der Waals surface area contributed by atoms with Gasteiger partial charge in [0.15, 0.2) is 0 Å². The molecule has 1 aliphatic heterocycles. The molecule has 0 atom stereocenters. The molecule has 0 aliphatic carbocycles. The van der Waals surface area contributed by atoms with Crippen molar-refractivity contribution in [2.45, 2.75) is 58.9 Å². The lowest BCUT2D eigenvalue weighted by Crippen LogP contribution is -2.37. The summed E-state index contributed by atoms with van der Waals surface area (Å²) in [7, 11) is 0. The van der Waals surface area contributed by atoms with Gasteiger partial charge in [-0.3, -0.25) is 14.5 Å². The van der Waals surface area contributed by atoms with Gasteiger partial charge in [-0.2, -0.15) is 5.10 Å². The zero-order chi connectivity index (χ0) is 19.6. The van der Waals surface area contributed by atoms with Gasteiger partial charge in [0, 0.05) is 37.7 Å². The third-order valence-corrected chi connectivity index (χ3v) is 4.81. The Morgan fingerprint density at radius 3 is 2.48 bits per heavy atom. The fourth-order valence-corrected chi connectivity index (χ4v) is 3.29. The zero-order valence-electron chi connectivity index (χ0n) is 16.6. The van der Waals surface area contributed by atoms with Crippen molar-refractivity contribution in [2.75, 3.05) is 16.8 Å². The number of amides is 2. The molecule has 0 fully saturated rings. The molecule has 0 bridgehead atoms. The highest BCUT2D eigenvalue weighted by molar-refractivity contribution is 5.97. The highest BCUT2D eigenvalue weighted by Crippen LogP contribution is 2.24. The SMILES string of the molecule is Cc1cc2n(n1)CCCN2C(=O)CCC(=O)Nc1ccc(C(C)(C)C)cc1. The molecule has 0 unspecified atom stereocenters. The minimum absolute atomic E-state index is 0.0333. The summed E-state index contributed by atoms with van der Waals surface area (Å²) in [6, 6.07) is 9.79. The number of carbonyl (C=O) groups excluding carboxylic acids is 2. The number of nitrogens with one attached hydrogen (secondary N) is 1. The molecular formula is C21H28N4O2. The highest BCUT2D eigenvalue weighted by atomic mass is 16.2. The van der Waals surface area contributed by atoms with E-state index in [1.807, 2.05) is 41.9 Å². The topological polar surface area (TPSA) is 67.2 Å². The lowest BCUT2D eigenvalue weighted by Gasteiger charge is -2.27. The number of rotatable bonds is 4. The molecule has 0 saturated heterocycles. The first-order valence-corrected chi connectivity index (χ1v) is 9.49. The van der Waals surface area contributed by atoms with E-state index < -0.39 is 0 Å². The van der Waals surface area contributed by atoms with Crippen molar-refractivity contribution in [1.29, 1.82) is 0 Å². The van der Waals surface area contributed by atoms with Crippen molar-refractivity contribution in [3.8, 4) is 0 Å². The maximum atomic E-state index is 12.6. The monoisotopic (exact) mass is 368 g/mol. The average Bonchev–Trinajstić information content (AvgIpc) is 2.99. The van der Waals surface area contributed by atoms with Gasteiger partial charge < -0.3 is 5.32 Å². The number of anilines is 2. The summed E-state index contributed by atoms with van der Waals surface area (Å²) in [4.78, 5) is 26.6. The van der Waals surface area contributed by atoms with E-state index in [9.17, 15) is 9.59 Å². The van der Waals surface area contributed by atoms with Crippen LogP contribution in [0.1, 0.15) is 51.3 Å². The standard InChI is InChI=1S/C21H28N4O2/c1-15-14-19-24(12-5-13-25(19)23-15)20(27)11-10-18(26)22-17-8-6-16(7-9-17)21(2,3)4/h6-9,14H,5,10-13H2,1-4H3,(H,22,26). The van der Waals surface area contributed by atoms with Gasteiger partial charge >= 0.3 is 0 Å². The fourth-order valence-electron chi connectivity index (χ4n) is 3.29. The third-order valence-electron chi connectivity index (χ3n) is 4.81. The predicted octanol–water partition coefficient (Wildman–Crippen LogP) is 3.64. The molecule has 6 nitrogen and oxygen atoms in total. The van der Waals surface area contributed by atoms with Gasteiger partial charge in [-0.25, -0.2) is 4.68 Å². The molecule has 2 heterocycles. The first-order chi connectivity index (χ1) is 12.7. The molecule has 0 spiro atoms. The first-order valence-electron chi connectivity index (χ1n) is 9.49. The maximum absolute atomic E-state index is 12.6. The molecule has 3 rings (SSSR count). The van der Waals surface area contributed by atoms with E-state index in [4.69, 9.17) is 0 Å². The van der Waals surface area contributed by atoms with E-state index in [1.165, 1.54) is 5.56 Å². The van der Waals surface area contributed by atoms with E-state index in [0.717, 1.165) is 30.2 Å². The number of aryl methyl sites for hydroxylation is 2. The Kier molecular flexibility index (Phi) is 5.35. The van der Waals surface area contributed by atoms with Crippen molar-refractivity contribution < 1.29 is 9.59 Å². The van der Waals surface area contributed by atoms with Crippen molar-refractivity contribution in [3.05, 3.63) is 41.6 Å². The van der Waals surface area contributed by atoms with Gasteiger partial charge in [0.2, 0.25) is 11.8 Å². The maximum Gasteiger partial charge on any atom is 0.228 e. The molecule has 1 N–H and O–H groups in total. The first kappa shape index (κ1) is 19.1. The molecule has 1 aliphatic rings. The molecule has 0 radical (unpaired) electrons. The predicted molar refractivity (Wildman–Crippen MR) is 107 cm³/mol. The number of aromatic nitrogens is 2. The van der Waals surface area contributed by atoms with E-state index in [2.05, 4.69) is 31.2 Å². The van der Waals surface area contributed by atoms with Crippen molar-refractivity contribution in [1.82, 2.24) is 9.78 Å². The second-order valence-electron chi connectivity index (χ2n) is 8.14. The lowest BCUT2D eigenvalue weighted by molar-refractivity contribution is -0.122. The Bertz CT molecular complexity index is 831. The van der Waals surface area contributed by atoms with Crippen LogP contribution in [0.2, 0.25) is 0 Å². The van der Waals surface area contributed by atoms with Crippen LogP contribution in [-0.4, -0.2) is 28.1 Å². The second-order valence-corrected chi connectivity index (χ2v) is 8.14. The summed E-state index contributed by atoms with van der Waals surface area (Å²) < 4.78 is 1.87. The Balaban J connectivity index is 1.54. The molecule has 27 heavy (non-hydrogen) atoms. The van der Waals surface area contributed by atoms with Gasteiger partial charge in [-0.05, 0) is 36.5 Å². The normalized spacial score (nSPS) is 14.0. The smallest absolute Gasteiger partial charge is 0.228 e. The van der Waals surface area contributed by atoms with Crippen LogP contribution in [0.4, 0.5) is 11.5 Å². The van der Waals surface area contributed by atoms with Crippen LogP contribution in [-0.2, 0) is 21.5 Å². The van der Waals surface area contributed by atoms with Crippen LogP contribution in [0.15, 0.2) is 30.3 Å². The summed E-state index contributed by atoms with van der Waals surface area (Å²) in [5.74, 6) is 0.657. The van der Waals surface area contributed by atoms with Crippen molar-refractivity contribution in [2.24, 2.45) is 0 Å². The van der Waals surface area contributed by atoms with E-state index in [-0.39, 0.29) is 30.1 Å². The van der Waals surface area contributed by atoms with Crippen LogP contribution < -0.4 is 10.2 Å². The Morgan fingerprint density at radius 1 is 1.11 bits per heavy atom. The number of hydrogen-bond donors (Lipinski definition) is 1. The minimum atomic E-state index is -0.145. The summed E-state index contributed by atoms with van der Waals surface area (Å²) in [6.45, 7) is 9.89. The van der Waals surface area contributed by atoms with Crippen LogP contribution in [0.25, 0.3) is 0 Å². The largest absolute Gasteiger partial charge is 0.326 e. The molecule has 1 aromatic heterocycles. The highest BCUT2D eigenvalue weighted by Gasteiger charge is 2.24. The van der Waals surface area contributed by atoms with Crippen LogP contribution >= 0.6 is 0 Å². The molecule has 144 valence electrons. The minimum Gasteiger partial charge on any atom is -0.326 e. The molecular weight excluding hydrogens is 340 g/mol. The number of carbonyl (C=O) groups is 2. The third kappa shape index (κ3) is 4.56. The molecule has 6 heteroatoms. The van der Waals surface area contributed by atoms with Crippen LogP contribution in [0.3, 0.4) is 0 Å². The molecule has 1 aromatic carbocycles. The van der Waals surface area contributed by atoms with E-state index in [0.29, 0.717) is 6.54 Å². The fraction of sp³-hybridized carbons (Fsp3) is 0.476. The number of nitrogens with zero attached hydrogens (tertiary/aromatic N) is 3. The lowest BCUT2D eigenvalue weighted by atomic mass is 9.87. The van der Waals surface area contributed by atoms with Gasteiger partial charge in [0.05, 0.1) is 5.69 Å². The van der Waals surface area contributed by atoms with Gasteiger partial charge in [0.25, 0.3) is 0 Å². The quantitative estimate of drug-likeness (QED) is 0.896. The Morgan fingerprint density at radius 2 is 1.81 bits per heavy atom. The summed E-state index contributed by atoms with van der Waals surface area (Å²) in [5, 5.41) is 7.28. The number of benzene rings is 1. The number of hydrogen-bond acceptors (Lipinski definition) is 3. The average molecular weight is 368 g/mol. The summed E-state index contributed by atoms with van der Waals surface area (Å²) >= 11 is 0. The number of fused-ring (bicyclic) bond motifs is 1. The van der Waals surface area contributed by atoms with E-state index >= 15 is 0 Å². The van der Waals surface area contributed by atoms with Crippen LogP contribution in [0, 0.1) is 6.92 Å². The Labute approximate surface area is 160 Å². The molecule has 0 saturated carbocycles. The zero-order valence-corrected chi connectivity index (χ0v) is 16.6. The molecule has 2 amide bonds. The Hall–Kier alpha value is -2.63. The van der Waals surface area contributed by atoms with Gasteiger partial charge in [-0.15, -0.1) is 0 Å². The molecule has 2 aromatic rings. The van der Waals surface area contributed by atoms with Gasteiger partial charge in [-0.1, -0.05) is 32.9 Å². The van der Waals surface area contributed by atoms with Crippen molar-refractivity contribution in [3.63, 3.8) is 0 Å². The summed E-state index contributed by atoms with van der Waals surface area (Å²) in [5.41, 5.74) is 2.95. The van der Waals surface area contributed by atoms with Crippen molar-refractivity contribution >= 4 is 23.3 Å². The van der Waals surface area contributed by atoms with E-state index in [1.54, 1.807) is 4.90 Å². The van der Waals surface area contributed by atoms with Gasteiger partial charge in [0.1, 0.15) is 5.82 Å². The second kappa shape index (κ2) is 7.55.